The number of hydrogen-bond acceptors (Lipinski definition) is 2. The van der Waals surface area contributed by atoms with E-state index in [1.54, 1.807) is 0 Å². The van der Waals surface area contributed by atoms with Crippen LogP contribution in [0.25, 0.3) is 0 Å². The Bertz CT molecular complexity index is 439. The highest BCUT2D eigenvalue weighted by Gasteiger charge is 2.23. The van der Waals surface area contributed by atoms with Gasteiger partial charge in [0.1, 0.15) is 0 Å². The largest absolute Gasteiger partial charge is 0.336 e. The van der Waals surface area contributed by atoms with Crippen LogP contribution in [0.5, 0.6) is 0 Å². The molecule has 0 aliphatic carbocycles. The summed E-state index contributed by atoms with van der Waals surface area (Å²) in [7, 11) is 0. The fourth-order valence-electron chi connectivity index (χ4n) is 1.95. The van der Waals surface area contributed by atoms with E-state index >= 15 is 0 Å². The zero-order valence-corrected chi connectivity index (χ0v) is 13.3. The van der Waals surface area contributed by atoms with Gasteiger partial charge in [0.2, 0.25) is 0 Å². The average molecular weight is 409 g/mol. The summed E-state index contributed by atoms with van der Waals surface area (Å²) in [5, 5.41) is 3.34. The molecule has 1 heterocycles. The fourth-order valence-corrected chi connectivity index (χ4v) is 2.88. The molecule has 17 heavy (non-hydrogen) atoms. The van der Waals surface area contributed by atoms with Crippen LogP contribution in [-0.2, 0) is 0 Å². The summed E-state index contributed by atoms with van der Waals surface area (Å²) in [5.41, 5.74) is 0.786. The van der Waals surface area contributed by atoms with Crippen molar-refractivity contribution in [3.05, 3.63) is 31.8 Å². The molecule has 1 aromatic carbocycles. The molecule has 1 atom stereocenters. The van der Waals surface area contributed by atoms with Gasteiger partial charge in [-0.1, -0.05) is 15.9 Å². The van der Waals surface area contributed by atoms with Gasteiger partial charge in [-0.2, -0.15) is 0 Å². The Morgan fingerprint density at radius 1 is 1.59 bits per heavy atom. The minimum atomic E-state index is 0.129. The number of amides is 1. The van der Waals surface area contributed by atoms with Crippen LogP contribution < -0.4 is 5.32 Å². The van der Waals surface area contributed by atoms with Gasteiger partial charge in [-0.25, -0.2) is 0 Å². The molecule has 0 saturated carbocycles. The molecule has 1 fully saturated rings. The number of carbonyl (C=O) groups is 1. The third-order valence-corrected chi connectivity index (χ3v) is 4.25. The molecule has 92 valence electrons. The maximum absolute atomic E-state index is 12.4. The first-order chi connectivity index (χ1) is 8.08. The number of benzene rings is 1. The van der Waals surface area contributed by atoms with Crippen molar-refractivity contribution in [3.63, 3.8) is 0 Å². The monoisotopic (exact) mass is 408 g/mol. The van der Waals surface area contributed by atoms with Crippen LogP contribution in [0.3, 0.4) is 0 Å². The second kappa shape index (κ2) is 5.67. The highest BCUT2D eigenvalue weighted by atomic mass is 127. The van der Waals surface area contributed by atoms with Crippen LogP contribution in [0, 0.1) is 3.57 Å². The number of carbonyl (C=O) groups excluding carboxylic acids is 1. The Morgan fingerprint density at radius 2 is 2.35 bits per heavy atom. The lowest BCUT2D eigenvalue weighted by Crippen LogP contribution is -2.51. The Balaban J connectivity index is 2.21. The number of nitrogens with zero attached hydrogens (tertiary/aromatic N) is 1. The Kier molecular flexibility index (Phi) is 4.43. The van der Waals surface area contributed by atoms with Gasteiger partial charge in [0.15, 0.2) is 0 Å². The molecule has 0 spiro atoms. The summed E-state index contributed by atoms with van der Waals surface area (Å²) < 4.78 is 1.95. The van der Waals surface area contributed by atoms with Crippen LogP contribution in [-0.4, -0.2) is 36.5 Å². The molecular weight excluding hydrogens is 395 g/mol. The molecule has 0 unspecified atom stereocenters. The molecule has 3 nitrogen and oxygen atoms in total. The number of piperazine rings is 1. The lowest BCUT2D eigenvalue weighted by molar-refractivity contribution is 0.0708. The Morgan fingerprint density at radius 3 is 3.06 bits per heavy atom. The third-order valence-electron chi connectivity index (χ3n) is 2.81. The molecule has 0 bridgehead atoms. The Labute approximate surface area is 123 Å². The quantitative estimate of drug-likeness (QED) is 0.724. The van der Waals surface area contributed by atoms with Gasteiger partial charge >= 0.3 is 0 Å². The molecule has 1 aliphatic heterocycles. The zero-order valence-electron chi connectivity index (χ0n) is 9.54. The van der Waals surface area contributed by atoms with E-state index in [9.17, 15) is 4.79 Å². The van der Waals surface area contributed by atoms with Crippen molar-refractivity contribution < 1.29 is 4.79 Å². The molecule has 5 heteroatoms. The predicted octanol–water partition coefficient (Wildman–Crippen LogP) is 2.49. The van der Waals surface area contributed by atoms with Gasteiger partial charge in [0.05, 0.1) is 5.56 Å². The summed E-state index contributed by atoms with van der Waals surface area (Å²) in [6.45, 7) is 4.54. The minimum absolute atomic E-state index is 0.129. The standard InChI is InChI=1S/C12H14BrIN2O/c1-8-7-16(5-4-15-8)12(17)10-6-9(13)2-3-11(10)14/h2-3,6,8,15H,4-5,7H2,1H3/t8-/m1/s1. The molecule has 0 aromatic heterocycles. The SMILES string of the molecule is C[C@@H]1CN(C(=O)c2cc(Br)ccc2I)CCN1. The van der Waals surface area contributed by atoms with Crippen molar-refractivity contribution in [1.82, 2.24) is 10.2 Å². The maximum atomic E-state index is 12.4. The highest BCUT2D eigenvalue weighted by molar-refractivity contribution is 14.1. The van der Waals surface area contributed by atoms with Crippen molar-refractivity contribution in [2.45, 2.75) is 13.0 Å². The maximum Gasteiger partial charge on any atom is 0.255 e. The van der Waals surface area contributed by atoms with E-state index in [2.05, 4.69) is 50.8 Å². The summed E-state index contributed by atoms with van der Waals surface area (Å²) in [4.78, 5) is 14.3. The van der Waals surface area contributed by atoms with Crippen LogP contribution in [0.1, 0.15) is 17.3 Å². The van der Waals surface area contributed by atoms with E-state index in [1.165, 1.54) is 0 Å². The minimum Gasteiger partial charge on any atom is -0.336 e. The molecule has 2 rings (SSSR count). The topological polar surface area (TPSA) is 32.3 Å². The second-order valence-corrected chi connectivity index (χ2v) is 6.31. The summed E-state index contributed by atoms with van der Waals surface area (Å²) in [6.07, 6.45) is 0. The first kappa shape index (κ1) is 13.3. The first-order valence-corrected chi connectivity index (χ1v) is 7.43. The van der Waals surface area contributed by atoms with E-state index < -0.39 is 0 Å². The third kappa shape index (κ3) is 3.20. The van der Waals surface area contributed by atoms with Crippen LogP contribution in [0.4, 0.5) is 0 Å². The first-order valence-electron chi connectivity index (χ1n) is 5.55. The molecule has 1 aliphatic rings. The van der Waals surface area contributed by atoms with Gasteiger partial charge in [0.25, 0.3) is 5.91 Å². The van der Waals surface area contributed by atoms with E-state index in [0.717, 1.165) is 33.2 Å². The van der Waals surface area contributed by atoms with Crippen LogP contribution >= 0.6 is 38.5 Å². The lowest BCUT2D eigenvalue weighted by atomic mass is 10.1. The average Bonchev–Trinajstić information content (AvgIpc) is 2.31. The van der Waals surface area contributed by atoms with Crippen molar-refractivity contribution in [1.29, 1.82) is 0 Å². The number of rotatable bonds is 1. The van der Waals surface area contributed by atoms with Gasteiger partial charge in [-0.15, -0.1) is 0 Å². The molecule has 1 amide bonds. The van der Waals surface area contributed by atoms with Crippen LogP contribution in [0.2, 0.25) is 0 Å². The normalized spacial score (nSPS) is 20.4. The van der Waals surface area contributed by atoms with Crippen molar-refractivity contribution in [3.8, 4) is 0 Å². The predicted molar refractivity (Wildman–Crippen MR) is 80.2 cm³/mol. The Hall–Kier alpha value is -0.140. The van der Waals surface area contributed by atoms with Crippen molar-refractivity contribution in [2.75, 3.05) is 19.6 Å². The number of hydrogen-bond donors (Lipinski definition) is 1. The molecule has 1 aromatic rings. The smallest absolute Gasteiger partial charge is 0.255 e. The summed E-state index contributed by atoms with van der Waals surface area (Å²) in [5.74, 6) is 0.129. The second-order valence-electron chi connectivity index (χ2n) is 4.23. The van der Waals surface area contributed by atoms with E-state index in [1.807, 2.05) is 23.1 Å². The lowest BCUT2D eigenvalue weighted by Gasteiger charge is -2.32. The zero-order chi connectivity index (χ0) is 12.4. The summed E-state index contributed by atoms with van der Waals surface area (Å²) >= 11 is 5.62. The number of halogens is 2. The van der Waals surface area contributed by atoms with E-state index in [0.29, 0.717) is 6.04 Å². The van der Waals surface area contributed by atoms with E-state index in [-0.39, 0.29) is 5.91 Å². The molecule has 1 N–H and O–H groups in total. The molecule has 1 saturated heterocycles. The van der Waals surface area contributed by atoms with Crippen molar-refractivity contribution >= 4 is 44.4 Å². The number of nitrogens with one attached hydrogen (secondary N) is 1. The fraction of sp³-hybridized carbons (Fsp3) is 0.417. The molecular formula is C12H14BrIN2O. The van der Waals surface area contributed by atoms with Gasteiger partial charge in [0, 0.05) is 33.7 Å². The van der Waals surface area contributed by atoms with Gasteiger partial charge in [-0.05, 0) is 47.7 Å². The van der Waals surface area contributed by atoms with E-state index in [4.69, 9.17) is 0 Å². The summed E-state index contributed by atoms with van der Waals surface area (Å²) in [6, 6.07) is 6.19. The highest BCUT2D eigenvalue weighted by Crippen LogP contribution is 2.20. The van der Waals surface area contributed by atoms with Crippen LogP contribution in [0.15, 0.2) is 22.7 Å². The van der Waals surface area contributed by atoms with Gasteiger partial charge < -0.3 is 10.2 Å². The van der Waals surface area contributed by atoms with Gasteiger partial charge in [-0.3, -0.25) is 4.79 Å². The molecule has 0 radical (unpaired) electrons. The van der Waals surface area contributed by atoms with Crippen molar-refractivity contribution in [2.24, 2.45) is 0 Å².